The molecule has 88 valence electrons. The molecule has 3 heteroatoms. The van der Waals surface area contributed by atoms with Crippen molar-refractivity contribution in [3.05, 3.63) is 70.7 Å². The molecule has 0 radical (unpaired) electrons. The molecule has 2 rings (SSSR count). The average molecular weight is 247 g/mol. The monoisotopic (exact) mass is 246 g/mol. The highest BCUT2D eigenvalue weighted by atomic mass is 35.5. The van der Waals surface area contributed by atoms with E-state index >= 15 is 0 Å². The fourth-order valence-corrected chi connectivity index (χ4v) is 1.94. The molecule has 0 heterocycles. The Labute approximate surface area is 106 Å². The van der Waals surface area contributed by atoms with E-state index in [-0.39, 0.29) is 6.04 Å². The van der Waals surface area contributed by atoms with Crippen LogP contribution < -0.4 is 11.3 Å². The average Bonchev–Trinajstić information content (AvgIpc) is 2.38. The molecule has 0 spiro atoms. The lowest BCUT2D eigenvalue weighted by Crippen LogP contribution is -2.29. The quantitative estimate of drug-likeness (QED) is 0.643. The summed E-state index contributed by atoms with van der Waals surface area (Å²) in [7, 11) is 0. The zero-order valence-electron chi connectivity index (χ0n) is 9.44. The van der Waals surface area contributed by atoms with Crippen LogP contribution in [0.2, 0.25) is 5.02 Å². The highest BCUT2D eigenvalue weighted by Gasteiger charge is 2.09. The smallest absolute Gasteiger partial charge is 0.0500 e. The van der Waals surface area contributed by atoms with Crippen molar-refractivity contribution < 1.29 is 0 Å². The molecule has 3 N–H and O–H groups in total. The van der Waals surface area contributed by atoms with Crippen molar-refractivity contribution in [1.29, 1.82) is 0 Å². The molecule has 0 fully saturated rings. The van der Waals surface area contributed by atoms with Crippen molar-refractivity contribution in [2.24, 2.45) is 5.84 Å². The van der Waals surface area contributed by atoms with Gasteiger partial charge in [0.05, 0.1) is 0 Å². The molecule has 0 amide bonds. The number of benzene rings is 2. The molecule has 1 unspecified atom stereocenters. The van der Waals surface area contributed by atoms with E-state index in [1.807, 2.05) is 42.5 Å². The minimum Gasteiger partial charge on any atom is -0.271 e. The van der Waals surface area contributed by atoms with E-state index in [0.29, 0.717) is 0 Å². The number of hydrazine groups is 1. The van der Waals surface area contributed by atoms with Gasteiger partial charge in [-0.05, 0) is 29.7 Å². The fourth-order valence-electron chi connectivity index (χ4n) is 1.82. The van der Waals surface area contributed by atoms with Crippen LogP contribution in [0.3, 0.4) is 0 Å². The number of halogens is 1. The Hall–Kier alpha value is -1.35. The predicted octanol–water partition coefficient (Wildman–Crippen LogP) is 3.09. The lowest BCUT2D eigenvalue weighted by atomic mass is 9.99. The Balaban J connectivity index is 2.14. The summed E-state index contributed by atoms with van der Waals surface area (Å²) >= 11 is 5.87. The second-order valence-electron chi connectivity index (χ2n) is 3.96. The summed E-state index contributed by atoms with van der Waals surface area (Å²) in [6, 6.07) is 18.1. The zero-order valence-corrected chi connectivity index (χ0v) is 10.2. The van der Waals surface area contributed by atoms with Gasteiger partial charge in [-0.1, -0.05) is 54.1 Å². The molecular weight excluding hydrogens is 232 g/mol. The summed E-state index contributed by atoms with van der Waals surface area (Å²) in [5, 5.41) is 0.740. The van der Waals surface area contributed by atoms with Crippen molar-refractivity contribution in [2.45, 2.75) is 12.5 Å². The molecule has 0 aromatic heterocycles. The Bertz CT molecular complexity index is 453. The molecule has 0 aliphatic heterocycles. The fraction of sp³-hybridized carbons (Fsp3) is 0.143. The van der Waals surface area contributed by atoms with Gasteiger partial charge in [-0.25, -0.2) is 0 Å². The van der Waals surface area contributed by atoms with E-state index in [1.165, 1.54) is 5.56 Å². The normalized spacial score (nSPS) is 12.4. The van der Waals surface area contributed by atoms with Gasteiger partial charge in [0.15, 0.2) is 0 Å². The SMILES string of the molecule is NNC(Cc1ccccc1)c1ccc(Cl)cc1. The number of nitrogens with two attached hydrogens (primary N) is 1. The zero-order chi connectivity index (χ0) is 12.1. The van der Waals surface area contributed by atoms with Crippen molar-refractivity contribution >= 4 is 11.6 Å². The molecule has 2 aromatic rings. The van der Waals surface area contributed by atoms with Crippen LogP contribution in [0.1, 0.15) is 17.2 Å². The number of rotatable bonds is 4. The first-order valence-corrected chi connectivity index (χ1v) is 5.93. The minimum absolute atomic E-state index is 0.106. The van der Waals surface area contributed by atoms with Gasteiger partial charge in [-0.2, -0.15) is 0 Å². The highest BCUT2D eigenvalue weighted by Crippen LogP contribution is 2.19. The van der Waals surface area contributed by atoms with Crippen LogP contribution in [-0.2, 0) is 6.42 Å². The van der Waals surface area contributed by atoms with Gasteiger partial charge in [-0.15, -0.1) is 0 Å². The topological polar surface area (TPSA) is 38.0 Å². The number of hydrogen-bond donors (Lipinski definition) is 2. The summed E-state index contributed by atoms with van der Waals surface area (Å²) in [6.45, 7) is 0. The van der Waals surface area contributed by atoms with Gasteiger partial charge >= 0.3 is 0 Å². The molecule has 2 aromatic carbocycles. The summed E-state index contributed by atoms with van der Waals surface area (Å²) in [4.78, 5) is 0. The summed E-state index contributed by atoms with van der Waals surface area (Å²) in [6.07, 6.45) is 0.860. The Morgan fingerprint density at radius 3 is 2.24 bits per heavy atom. The molecule has 2 nitrogen and oxygen atoms in total. The molecule has 0 aliphatic rings. The maximum absolute atomic E-state index is 5.87. The van der Waals surface area contributed by atoms with E-state index in [9.17, 15) is 0 Å². The molecule has 0 saturated heterocycles. The molecule has 17 heavy (non-hydrogen) atoms. The second-order valence-corrected chi connectivity index (χ2v) is 4.40. The van der Waals surface area contributed by atoms with E-state index in [2.05, 4.69) is 17.6 Å². The van der Waals surface area contributed by atoms with E-state index in [0.717, 1.165) is 17.0 Å². The molecule has 0 saturated carbocycles. The van der Waals surface area contributed by atoms with Crippen LogP contribution in [0.4, 0.5) is 0 Å². The predicted molar refractivity (Wildman–Crippen MR) is 71.7 cm³/mol. The first-order valence-electron chi connectivity index (χ1n) is 5.55. The van der Waals surface area contributed by atoms with Crippen LogP contribution in [0.25, 0.3) is 0 Å². The van der Waals surface area contributed by atoms with Gasteiger partial charge < -0.3 is 0 Å². The Morgan fingerprint density at radius 2 is 1.65 bits per heavy atom. The van der Waals surface area contributed by atoms with E-state index in [4.69, 9.17) is 17.4 Å². The second kappa shape index (κ2) is 5.82. The summed E-state index contributed by atoms with van der Waals surface area (Å²) < 4.78 is 0. The van der Waals surface area contributed by atoms with Crippen molar-refractivity contribution in [3.63, 3.8) is 0 Å². The summed E-state index contributed by atoms with van der Waals surface area (Å²) in [5.41, 5.74) is 5.24. The van der Waals surface area contributed by atoms with Gasteiger partial charge in [0.25, 0.3) is 0 Å². The van der Waals surface area contributed by atoms with Gasteiger partial charge in [0.1, 0.15) is 0 Å². The third kappa shape index (κ3) is 3.30. The largest absolute Gasteiger partial charge is 0.271 e. The van der Waals surface area contributed by atoms with E-state index < -0.39 is 0 Å². The first-order chi connectivity index (χ1) is 8.29. The lowest BCUT2D eigenvalue weighted by molar-refractivity contribution is 0.552. The molecule has 0 aliphatic carbocycles. The number of hydrogen-bond acceptors (Lipinski definition) is 2. The van der Waals surface area contributed by atoms with Crippen LogP contribution >= 0.6 is 11.6 Å². The number of nitrogens with one attached hydrogen (secondary N) is 1. The van der Waals surface area contributed by atoms with Crippen molar-refractivity contribution in [2.75, 3.05) is 0 Å². The Morgan fingerprint density at radius 1 is 1.00 bits per heavy atom. The maximum atomic E-state index is 5.87. The van der Waals surface area contributed by atoms with E-state index in [1.54, 1.807) is 0 Å². The maximum Gasteiger partial charge on any atom is 0.0500 e. The van der Waals surface area contributed by atoms with Gasteiger partial charge in [0.2, 0.25) is 0 Å². The third-order valence-electron chi connectivity index (χ3n) is 2.76. The van der Waals surface area contributed by atoms with Crippen LogP contribution in [0.5, 0.6) is 0 Å². The van der Waals surface area contributed by atoms with Crippen LogP contribution in [0, 0.1) is 0 Å². The molecule has 0 bridgehead atoms. The first kappa shape index (κ1) is 12.1. The molecular formula is C14H15ClN2. The van der Waals surface area contributed by atoms with Gasteiger partial charge in [0, 0.05) is 11.1 Å². The minimum atomic E-state index is 0.106. The highest BCUT2D eigenvalue weighted by molar-refractivity contribution is 6.30. The van der Waals surface area contributed by atoms with Crippen molar-refractivity contribution in [3.8, 4) is 0 Å². The van der Waals surface area contributed by atoms with Crippen LogP contribution in [-0.4, -0.2) is 0 Å². The Kier molecular flexibility index (Phi) is 4.15. The van der Waals surface area contributed by atoms with Crippen molar-refractivity contribution in [1.82, 2.24) is 5.43 Å². The summed E-state index contributed by atoms with van der Waals surface area (Å²) in [5.74, 6) is 5.61. The lowest BCUT2D eigenvalue weighted by Gasteiger charge is -2.16. The molecule has 1 atom stereocenters. The third-order valence-corrected chi connectivity index (χ3v) is 3.01. The van der Waals surface area contributed by atoms with Crippen LogP contribution in [0.15, 0.2) is 54.6 Å². The van der Waals surface area contributed by atoms with Gasteiger partial charge in [-0.3, -0.25) is 11.3 Å². The standard InChI is InChI=1S/C14H15ClN2/c15-13-8-6-12(7-9-13)14(17-16)10-11-4-2-1-3-5-11/h1-9,14,17H,10,16H2.